The second-order valence-corrected chi connectivity index (χ2v) is 6.99. The zero-order chi connectivity index (χ0) is 18.5. The number of methoxy groups -OCH3 is 1. The Bertz CT molecular complexity index is 874. The maximum atomic E-state index is 6.23. The third-order valence-corrected chi connectivity index (χ3v) is 4.45. The summed E-state index contributed by atoms with van der Waals surface area (Å²) in [5.41, 5.74) is 3.49. The highest BCUT2D eigenvalue weighted by atomic mass is 35.5. The van der Waals surface area contributed by atoms with Crippen LogP contribution in [0.15, 0.2) is 42.6 Å². The first kappa shape index (κ1) is 18.6. The van der Waals surface area contributed by atoms with E-state index in [0.29, 0.717) is 17.3 Å². The van der Waals surface area contributed by atoms with E-state index < -0.39 is 0 Å². The van der Waals surface area contributed by atoms with Gasteiger partial charge in [-0.25, -0.2) is 0 Å². The summed E-state index contributed by atoms with van der Waals surface area (Å²) < 4.78 is 11.4. The fourth-order valence-corrected chi connectivity index (χ4v) is 3.29. The van der Waals surface area contributed by atoms with E-state index >= 15 is 0 Å². The first-order valence-electron chi connectivity index (χ1n) is 8.87. The maximum Gasteiger partial charge on any atom is 0.166 e. The number of H-pyrrole nitrogens is 1. The summed E-state index contributed by atoms with van der Waals surface area (Å²) in [4.78, 5) is 3.32. The molecule has 2 aromatic carbocycles. The molecule has 0 radical (unpaired) electrons. The number of fused-ring (bicyclic) bond motifs is 1. The first-order chi connectivity index (χ1) is 12.6. The number of aromatic nitrogens is 1. The number of nitrogens with one attached hydrogen (secondary N) is 2. The molecule has 1 heterocycles. The van der Waals surface area contributed by atoms with E-state index in [1.54, 1.807) is 13.2 Å². The summed E-state index contributed by atoms with van der Waals surface area (Å²) in [5.74, 6) is 1.42. The molecule has 3 rings (SSSR count). The number of hydrogen-bond acceptors (Lipinski definition) is 3. The number of hydrogen-bond donors (Lipinski definition) is 2. The molecule has 0 saturated carbocycles. The molecule has 0 fully saturated rings. The molecule has 0 unspecified atom stereocenters. The number of halogens is 1. The Labute approximate surface area is 159 Å². The van der Waals surface area contributed by atoms with Crippen LogP contribution in [0.2, 0.25) is 5.02 Å². The van der Waals surface area contributed by atoms with Crippen molar-refractivity contribution in [1.82, 2.24) is 10.3 Å². The predicted octanol–water partition coefficient (Wildman–Crippen LogP) is 4.95. The lowest BCUT2D eigenvalue weighted by atomic mass is 10.1. The second kappa shape index (κ2) is 8.47. The van der Waals surface area contributed by atoms with Crippen molar-refractivity contribution in [1.29, 1.82) is 0 Å². The largest absolute Gasteiger partial charge is 0.493 e. The minimum absolute atomic E-state index is 0.0649. The highest BCUT2D eigenvalue weighted by Crippen LogP contribution is 2.35. The van der Waals surface area contributed by atoms with E-state index in [2.05, 4.69) is 34.7 Å². The normalized spacial score (nSPS) is 11.3. The molecule has 0 spiro atoms. The molecule has 0 amide bonds. The van der Waals surface area contributed by atoms with Gasteiger partial charge in [-0.15, -0.1) is 0 Å². The standard InChI is InChI=1S/C21H25ClN2O2/c1-14(2)26-21-16(10-17(22)11-20(21)25-3)12-23-9-8-15-13-24-19-7-5-4-6-18(15)19/h4-7,10-11,13-14,23-24H,8-9,12H2,1-3H3. The van der Waals surface area contributed by atoms with Crippen LogP contribution in [0.25, 0.3) is 10.9 Å². The summed E-state index contributed by atoms with van der Waals surface area (Å²) in [7, 11) is 1.63. The van der Waals surface area contributed by atoms with Crippen LogP contribution in [0.4, 0.5) is 0 Å². The van der Waals surface area contributed by atoms with Crippen molar-refractivity contribution < 1.29 is 9.47 Å². The molecule has 0 aliphatic rings. The van der Waals surface area contributed by atoms with Gasteiger partial charge in [0.2, 0.25) is 0 Å². The monoisotopic (exact) mass is 372 g/mol. The SMILES string of the molecule is COc1cc(Cl)cc(CNCCc2c[nH]c3ccccc23)c1OC(C)C. The molecule has 1 aromatic heterocycles. The lowest BCUT2D eigenvalue weighted by Crippen LogP contribution is -2.18. The Morgan fingerprint density at radius 3 is 2.73 bits per heavy atom. The van der Waals surface area contributed by atoms with Crippen molar-refractivity contribution in [2.24, 2.45) is 0 Å². The highest BCUT2D eigenvalue weighted by Gasteiger charge is 2.14. The molecular weight excluding hydrogens is 348 g/mol. The maximum absolute atomic E-state index is 6.23. The molecule has 26 heavy (non-hydrogen) atoms. The predicted molar refractivity (Wildman–Crippen MR) is 107 cm³/mol. The average molecular weight is 373 g/mol. The van der Waals surface area contributed by atoms with Gasteiger partial charge in [-0.3, -0.25) is 0 Å². The third-order valence-electron chi connectivity index (χ3n) is 4.23. The van der Waals surface area contributed by atoms with Crippen molar-refractivity contribution in [3.05, 3.63) is 58.7 Å². The van der Waals surface area contributed by atoms with Gasteiger partial charge in [0, 0.05) is 40.3 Å². The highest BCUT2D eigenvalue weighted by molar-refractivity contribution is 6.30. The molecule has 4 nitrogen and oxygen atoms in total. The molecule has 0 aliphatic heterocycles. The van der Waals surface area contributed by atoms with Crippen LogP contribution in [0.3, 0.4) is 0 Å². The van der Waals surface area contributed by atoms with Crippen molar-refractivity contribution in [3.63, 3.8) is 0 Å². The van der Waals surface area contributed by atoms with E-state index in [4.69, 9.17) is 21.1 Å². The van der Waals surface area contributed by atoms with Crippen LogP contribution in [0.1, 0.15) is 25.0 Å². The smallest absolute Gasteiger partial charge is 0.166 e. The molecule has 0 aliphatic carbocycles. The zero-order valence-corrected chi connectivity index (χ0v) is 16.2. The van der Waals surface area contributed by atoms with Crippen LogP contribution in [-0.4, -0.2) is 24.7 Å². The van der Waals surface area contributed by atoms with E-state index in [-0.39, 0.29) is 6.10 Å². The number of rotatable bonds is 8. The molecule has 3 aromatic rings. The Hall–Kier alpha value is -2.17. The quantitative estimate of drug-likeness (QED) is 0.550. The van der Waals surface area contributed by atoms with Crippen molar-refractivity contribution in [2.75, 3.05) is 13.7 Å². The van der Waals surface area contributed by atoms with Gasteiger partial charge < -0.3 is 19.8 Å². The molecule has 0 bridgehead atoms. The lowest BCUT2D eigenvalue weighted by Gasteiger charge is -2.18. The van der Waals surface area contributed by atoms with E-state index in [0.717, 1.165) is 24.3 Å². The Kier molecular flexibility index (Phi) is 6.07. The number of aromatic amines is 1. The van der Waals surface area contributed by atoms with Gasteiger partial charge in [-0.05, 0) is 44.5 Å². The van der Waals surface area contributed by atoms with Crippen molar-refractivity contribution >= 4 is 22.5 Å². The molecule has 0 atom stereocenters. The fourth-order valence-electron chi connectivity index (χ4n) is 3.06. The Morgan fingerprint density at radius 1 is 1.15 bits per heavy atom. The van der Waals surface area contributed by atoms with Gasteiger partial charge in [0.05, 0.1) is 13.2 Å². The van der Waals surface area contributed by atoms with Gasteiger partial charge >= 0.3 is 0 Å². The van der Waals surface area contributed by atoms with Crippen LogP contribution in [0, 0.1) is 0 Å². The lowest BCUT2D eigenvalue weighted by molar-refractivity contribution is 0.227. The van der Waals surface area contributed by atoms with E-state index in [9.17, 15) is 0 Å². The Morgan fingerprint density at radius 2 is 1.96 bits per heavy atom. The number of para-hydroxylation sites is 1. The van der Waals surface area contributed by atoms with Crippen LogP contribution in [0.5, 0.6) is 11.5 Å². The topological polar surface area (TPSA) is 46.3 Å². The zero-order valence-electron chi connectivity index (χ0n) is 15.4. The fraction of sp³-hybridized carbons (Fsp3) is 0.333. The molecular formula is C21H25ClN2O2. The number of benzene rings is 2. The van der Waals surface area contributed by atoms with Crippen molar-refractivity contribution in [3.8, 4) is 11.5 Å². The van der Waals surface area contributed by atoms with Gasteiger partial charge in [-0.1, -0.05) is 29.8 Å². The third kappa shape index (κ3) is 4.32. The summed E-state index contributed by atoms with van der Waals surface area (Å²) in [6, 6.07) is 12.1. The summed E-state index contributed by atoms with van der Waals surface area (Å²) in [5, 5.41) is 5.41. The summed E-state index contributed by atoms with van der Waals surface area (Å²) in [6.45, 7) is 5.53. The molecule has 5 heteroatoms. The first-order valence-corrected chi connectivity index (χ1v) is 9.25. The van der Waals surface area contributed by atoms with E-state index in [1.165, 1.54) is 16.5 Å². The van der Waals surface area contributed by atoms with Crippen molar-refractivity contribution in [2.45, 2.75) is 32.9 Å². The minimum atomic E-state index is 0.0649. The second-order valence-electron chi connectivity index (χ2n) is 6.55. The number of ether oxygens (including phenoxy) is 2. The molecule has 2 N–H and O–H groups in total. The van der Waals surface area contributed by atoms with Gasteiger partial charge in [0.15, 0.2) is 11.5 Å². The average Bonchev–Trinajstić information content (AvgIpc) is 3.03. The van der Waals surface area contributed by atoms with Gasteiger partial charge in [-0.2, -0.15) is 0 Å². The summed E-state index contributed by atoms with van der Waals surface area (Å²) >= 11 is 6.23. The van der Waals surface area contributed by atoms with Gasteiger partial charge in [0.1, 0.15) is 0 Å². The Balaban J connectivity index is 1.66. The van der Waals surface area contributed by atoms with Gasteiger partial charge in [0.25, 0.3) is 0 Å². The van der Waals surface area contributed by atoms with Crippen LogP contribution in [-0.2, 0) is 13.0 Å². The minimum Gasteiger partial charge on any atom is -0.493 e. The summed E-state index contributed by atoms with van der Waals surface area (Å²) in [6.07, 6.45) is 3.10. The molecule has 138 valence electrons. The van der Waals surface area contributed by atoms with Crippen LogP contribution >= 0.6 is 11.6 Å². The van der Waals surface area contributed by atoms with Crippen LogP contribution < -0.4 is 14.8 Å². The van der Waals surface area contributed by atoms with E-state index in [1.807, 2.05) is 26.0 Å². The molecule has 0 saturated heterocycles.